The van der Waals surface area contributed by atoms with Crippen LogP contribution in [0.2, 0.25) is 0 Å². The number of benzene rings is 1. The van der Waals surface area contributed by atoms with Gasteiger partial charge in [-0.25, -0.2) is 14.8 Å². The predicted molar refractivity (Wildman–Crippen MR) is 142 cm³/mol. The Kier molecular flexibility index (Phi) is 6.92. The van der Waals surface area contributed by atoms with Gasteiger partial charge >= 0.3 is 5.69 Å². The van der Waals surface area contributed by atoms with Crippen molar-refractivity contribution >= 4 is 28.9 Å². The second-order valence-electron chi connectivity index (χ2n) is 9.02. The molecule has 4 heterocycles. The first kappa shape index (κ1) is 24.3. The van der Waals surface area contributed by atoms with E-state index in [0.717, 1.165) is 48.9 Å². The molecule has 0 radical (unpaired) electrons. The molecule has 1 saturated heterocycles. The summed E-state index contributed by atoms with van der Waals surface area (Å²) >= 11 is 1.54. The van der Waals surface area contributed by atoms with Gasteiger partial charge in [0.15, 0.2) is 16.3 Å². The zero-order chi connectivity index (χ0) is 25.2. The van der Waals surface area contributed by atoms with Crippen LogP contribution in [0.3, 0.4) is 0 Å². The van der Waals surface area contributed by atoms with E-state index in [1.807, 2.05) is 23.6 Å². The fraction of sp³-hybridized carbons (Fsp3) is 0.400. The van der Waals surface area contributed by atoms with Gasteiger partial charge in [-0.1, -0.05) is 42.1 Å². The summed E-state index contributed by atoms with van der Waals surface area (Å²) in [5, 5.41) is 0.704. The number of fused-ring (bicyclic) bond motifs is 1. The number of nitrogens with zero attached hydrogens (tertiary/aromatic N) is 8. The maximum Gasteiger partial charge on any atom is 0.332 e. The smallest absolute Gasteiger partial charge is 0.332 e. The molecule has 0 amide bonds. The number of aryl methyl sites for hydroxylation is 3. The molecule has 0 aliphatic carbocycles. The zero-order valence-electron chi connectivity index (χ0n) is 20.8. The lowest BCUT2D eigenvalue weighted by molar-refractivity contribution is 0.248. The van der Waals surface area contributed by atoms with E-state index < -0.39 is 0 Å². The molecule has 1 aliphatic heterocycles. The highest BCUT2D eigenvalue weighted by Gasteiger charge is 2.25. The van der Waals surface area contributed by atoms with E-state index >= 15 is 0 Å². The minimum atomic E-state index is -0.376. The van der Waals surface area contributed by atoms with E-state index in [1.165, 1.54) is 17.2 Å². The van der Waals surface area contributed by atoms with E-state index in [2.05, 4.69) is 44.0 Å². The Morgan fingerprint density at radius 3 is 2.42 bits per heavy atom. The van der Waals surface area contributed by atoms with Gasteiger partial charge in [-0.3, -0.25) is 18.8 Å². The van der Waals surface area contributed by atoms with Crippen LogP contribution >= 0.6 is 11.8 Å². The number of thioether (sulfide) groups is 1. The summed E-state index contributed by atoms with van der Waals surface area (Å²) in [5.74, 6) is 1.40. The summed E-state index contributed by atoms with van der Waals surface area (Å²) in [6.45, 7) is 6.76. The quantitative estimate of drug-likeness (QED) is 0.276. The Balaban J connectivity index is 1.42. The second kappa shape index (κ2) is 10.3. The number of imidazole rings is 1. The first-order valence-electron chi connectivity index (χ1n) is 12.0. The van der Waals surface area contributed by atoms with Crippen LogP contribution in [0.1, 0.15) is 11.3 Å². The number of piperazine rings is 1. The zero-order valence-corrected chi connectivity index (χ0v) is 21.6. The predicted octanol–water partition coefficient (Wildman–Crippen LogP) is 1.65. The average molecular weight is 507 g/mol. The summed E-state index contributed by atoms with van der Waals surface area (Å²) in [7, 11) is 3.18. The van der Waals surface area contributed by atoms with Crippen molar-refractivity contribution in [3.8, 4) is 0 Å². The van der Waals surface area contributed by atoms with Crippen LogP contribution in [-0.2, 0) is 27.2 Å². The molecule has 10 nitrogen and oxygen atoms in total. The largest absolute Gasteiger partial charge is 0.340 e. The first-order chi connectivity index (χ1) is 17.4. The first-order valence-corrected chi connectivity index (χ1v) is 13.0. The molecule has 0 bridgehead atoms. The molecule has 0 saturated carbocycles. The molecule has 1 fully saturated rings. The van der Waals surface area contributed by atoms with Crippen LogP contribution in [0, 0.1) is 6.92 Å². The van der Waals surface area contributed by atoms with Crippen LogP contribution in [-0.4, -0.2) is 65.5 Å². The normalized spacial score (nSPS) is 14.6. The van der Waals surface area contributed by atoms with Gasteiger partial charge in [0.25, 0.3) is 5.56 Å². The SMILES string of the molecule is Cc1ccnc(SCCn2c(N3CCN(Cc4ccccc4)CC3)nc3c2c(=O)n(C)c(=O)n3C)n1. The maximum atomic E-state index is 13.2. The molecule has 0 atom stereocenters. The molecule has 1 aromatic carbocycles. The Labute approximate surface area is 213 Å². The minimum Gasteiger partial charge on any atom is -0.340 e. The van der Waals surface area contributed by atoms with E-state index in [9.17, 15) is 9.59 Å². The lowest BCUT2D eigenvalue weighted by Gasteiger charge is -2.35. The van der Waals surface area contributed by atoms with Crippen molar-refractivity contribution in [1.82, 2.24) is 33.6 Å². The Morgan fingerprint density at radius 1 is 0.944 bits per heavy atom. The fourth-order valence-electron chi connectivity index (χ4n) is 4.56. The molecule has 36 heavy (non-hydrogen) atoms. The summed E-state index contributed by atoms with van der Waals surface area (Å²) in [6.07, 6.45) is 1.75. The Bertz CT molecular complexity index is 1490. The van der Waals surface area contributed by atoms with Gasteiger partial charge in [0.05, 0.1) is 0 Å². The molecule has 188 valence electrons. The highest BCUT2D eigenvalue weighted by atomic mass is 32.2. The van der Waals surface area contributed by atoms with Gasteiger partial charge in [0.2, 0.25) is 5.95 Å². The standard InChI is InChI=1S/C25H30N8O2S/c1-18-9-10-26-23(27-18)36-16-15-33-20-21(29(2)25(35)30(3)22(20)34)28-24(33)32-13-11-31(12-14-32)17-19-7-5-4-6-8-19/h4-10H,11-17H2,1-3H3. The van der Waals surface area contributed by atoms with Crippen molar-refractivity contribution < 1.29 is 0 Å². The summed E-state index contributed by atoms with van der Waals surface area (Å²) < 4.78 is 4.57. The van der Waals surface area contributed by atoms with E-state index in [0.29, 0.717) is 28.6 Å². The molecule has 0 unspecified atom stereocenters. The summed E-state index contributed by atoms with van der Waals surface area (Å²) in [4.78, 5) is 44.0. The molecule has 1 aliphatic rings. The van der Waals surface area contributed by atoms with Gasteiger partial charge < -0.3 is 9.47 Å². The Hall–Kier alpha value is -3.44. The third kappa shape index (κ3) is 4.80. The van der Waals surface area contributed by atoms with E-state index in [1.54, 1.807) is 25.0 Å². The maximum absolute atomic E-state index is 13.2. The molecular weight excluding hydrogens is 476 g/mol. The highest BCUT2D eigenvalue weighted by Crippen LogP contribution is 2.23. The third-order valence-electron chi connectivity index (χ3n) is 6.55. The van der Waals surface area contributed by atoms with Gasteiger partial charge in [0, 0.05) is 71.0 Å². The van der Waals surface area contributed by atoms with E-state index in [-0.39, 0.29) is 11.2 Å². The van der Waals surface area contributed by atoms with Crippen molar-refractivity contribution in [2.45, 2.75) is 25.2 Å². The third-order valence-corrected chi connectivity index (χ3v) is 7.39. The molecule has 11 heteroatoms. The Morgan fingerprint density at radius 2 is 1.69 bits per heavy atom. The molecule has 3 aromatic heterocycles. The van der Waals surface area contributed by atoms with Gasteiger partial charge in [-0.2, -0.15) is 4.98 Å². The van der Waals surface area contributed by atoms with Crippen LogP contribution in [0.15, 0.2) is 57.3 Å². The molecule has 0 N–H and O–H groups in total. The number of rotatable bonds is 7. The van der Waals surface area contributed by atoms with Crippen molar-refractivity contribution in [3.63, 3.8) is 0 Å². The van der Waals surface area contributed by atoms with Crippen molar-refractivity contribution in [2.24, 2.45) is 14.1 Å². The van der Waals surface area contributed by atoms with Gasteiger partial charge in [-0.05, 0) is 18.6 Å². The van der Waals surface area contributed by atoms with Crippen LogP contribution in [0.25, 0.3) is 11.2 Å². The van der Waals surface area contributed by atoms with Gasteiger partial charge in [-0.15, -0.1) is 0 Å². The molecule has 5 rings (SSSR count). The van der Waals surface area contributed by atoms with E-state index in [4.69, 9.17) is 4.98 Å². The number of hydrogen-bond donors (Lipinski definition) is 0. The number of aromatic nitrogens is 6. The monoisotopic (exact) mass is 506 g/mol. The molecule has 0 spiro atoms. The highest BCUT2D eigenvalue weighted by molar-refractivity contribution is 7.99. The lowest BCUT2D eigenvalue weighted by atomic mass is 10.2. The van der Waals surface area contributed by atoms with Crippen molar-refractivity contribution in [1.29, 1.82) is 0 Å². The van der Waals surface area contributed by atoms with Crippen molar-refractivity contribution in [2.75, 3.05) is 36.8 Å². The second-order valence-corrected chi connectivity index (χ2v) is 10.1. The molecular formula is C25H30N8O2S. The van der Waals surface area contributed by atoms with Crippen LogP contribution in [0.4, 0.5) is 5.95 Å². The lowest BCUT2D eigenvalue weighted by Crippen LogP contribution is -2.47. The minimum absolute atomic E-state index is 0.327. The van der Waals surface area contributed by atoms with Gasteiger partial charge in [0.1, 0.15) is 0 Å². The molecule has 4 aromatic rings. The van der Waals surface area contributed by atoms with Crippen molar-refractivity contribution in [3.05, 3.63) is 74.7 Å². The topological polar surface area (TPSA) is 94.1 Å². The fourth-order valence-corrected chi connectivity index (χ4v) is 5.36. The number of hydrogen-bond acceptors (Lipinski definition) is 8. The summed E-state index contributed by atoms with van der Waals surface area (Å²) in [5.41, 5.74) is 2.38. The average Bonchev–Trinajstić information content (AvgIpc) is 3.27. The van der Waals surface area contributed by atoms with Crippen LogP contribution < -0.4 is 16.1 Å². The van der Waals surface area contributed by atoms with Crippen LogP contribution in [0.5, 0.6) is 0 Å². The summed E-state index contributed by atoms with van der Waals surface area (Å²) in [6, 6.07) is 12.3. The number of anilines is 1.